The van der Waals surface area contributed by atoms with E-state index in [0.29, 0.717) is 38.2 Å². The van der Waals surface area contributed by atoms with E-state index in [1.54, 1.807) is 28.1 Å². The van der Waals surface area contributed by atoms with Gasteiger partial charge in [-0.25, -0.2) is 9.78 Å². The van der Waals surface area contributed by atoms with E-state index in [1.165, 1.54) is 15.8 Å². The van der Waals surface area contributed by atoms with E-state index in [4.69, 9.17) is 4.74 Å². The molecular weight excluding hydrogens is 434 g/mol. The molecule has 0 radical (unpaired) electrons. The molecule has 172 valence electrons. The highest BCUT2D eigenvalue weighted by atomic mass is 32.1. The Labute approximate surface area is 189 Å². The van der Waals surface area contributed by atoms with Crippen molar-refractivity contribution in [3.8, 4) is 0 Å². The Hall–Kier alpha value is -2.95. The topological polar surface area (TPSA) is 114 Å². The summed E-state index contributed by atoms with van der Waals surface area (Å²) in [4.78, 5) is 59.0. The summed E-state index contributed by atoms with van der Waals surface area (Å²) in [7, 11) is 0. The number of ether oxygens (including phenoxy) is 1. The maximum atomic E-state index is 12.9. The van der Waals surface area contributed by atoms with Crippen molar-refractivity contribution in [1.29, 1.82) is 0 Å². The van der Waals surface area contributed by atoms with Crippen molar-refractivity contribution in [3.63, 3.8) is 0 Å². The largest absolute Gasteiger partial charge is 0.450 e. The highest BCUT2D eigenvalue weighted by Crippen LogP contribution is 2.33. The maximum absolute atomic E-state index is 12.9. The molecule has 11 heteroatoms. The number of nitrogens with zero attached hydrogens (tertiary/aromatic N) is 4. The first kappa shape index (κ1) is 22.3. The summed E-state index contributed by atoms with van der Waals surface area (Å²) in [6, 6.07) is 0. The van der Waals surface area contributed by atoms with Gasteiger partial charge in [-0.2, -0.15) is 0 Å². The number of amides is 3. The summed E-state index contributed by atoms with van der Waals surface area (Å²) in [5.74, 6) is -0.648. The molecule has 3 amide bonds. The van der Waals surface area contributed by atoms with Crippen LogP contribution < -0.4 is 10.9 Å². The second-order valence-electron chi connectivity index (χ2n) is 7.91. The molecule has 1 N–H and O–H groups in total. The van der Waals surface area contributed by atoms with Gasteiger partial charge in [0, 0.05) is 31.1 Å². The zero-order chi connectivity index (χ0) is 22.7. The molecule has 0 aromatic carbocycles. The van der Waals surface area contributed by atoms with Crippen molar-refractivity contribution >= 4 is 39.5 Å². The number of fused-ring (bicyclic) bond motifs is 3. The van der Waals surface area contributed by atoms with Crippen LogP contribution in [0.2, 0.25) is 0 Å². The lowest BCUT2D eigenvalue weighted by molar-refractivity contribution is -0.134. The quantitative estimate of drug-likeness (QED) is 0.703. The minimum Gasteiger partial charge on any atom is -0.450 e. The van der Waals surface area contributed by atoms with Crippen LogP contribution in [-0.2, 0) is 33.7 Å². The fraction of sp³-hybridized carbons (Fsp3) is 0.571. The van der Waals surface area contributed by atoms with E-state index in [0.717, 1.165) is 36.1 Å². The lowest BCUT2D eigenvalue weighted by atomic mass is 9.97. The number of piperazine rings is 1. The van der Waals surface area contributed by atoms with Gasteiger partial charge in [-0.1, -0.05) is 0 Å². The van der Waals surface area contributed by atoms with E-state index in [2.05, 4.69) is 10.3 Å². The van der Waals surface area contributed by atoms with Gasteiger partial charge in [0.15, 0.2) is 0 Å². The van der Waals surface area contributed by atoms with Gasteiger partial charge >= 0.3 is 6.09 Å². The first-order valence-corrected chi connectivity index (χ1v) is 11.8. The van der Waals surface area contributed by atoms with Crippen LogP contribution in [0.4, 0.5) is 4.79 Å². The normalized spacial score (nSPS) is 16.0. The van der Waals surface area contributed by atoms with Crippen LogP contribution in [0.25, 0.3) is 10.2 Å². The van der Waals surface area contributed by atoms with E-state index in [9.17, 15) is 19.2 Å². The fourth-order valence-electron chi connectivity index (χ4n) is 4.14. The van der Waals surface area contributed by atoms with Crippen molar-refractivity contribution in [2.75, 3.05) is 39.3 Å². The Balaban J connectivity index is 1.31. The molecule has 0 atom stereocenters. The highest BCUT2D eigenvalue weighted by Gasteiger charge is 2.25. The van der Waals surface area contributed by atoms with Gasteiger partial charge in [0.25, 0.3) is 5.56 Å². The van der Waals surface area contributed by atoms with Crippen LogP contribution in [0.15, 0.2) is 11.1 Å². The van der Waals surface area contributed by atoms with Crippen LogP contribution in [-0.4, -0.2) is 76.6 Å². The van der Waals surface area contributed by atoms with Crippen molar-refractivity contribution in [2.24, 2.45) is 0 Å². The Bertz CT molecular complexity index is 1090. The molecule has 2 aromatic heterocycles. The predicted octanol–water partition coefficient (Wildman–Crippen LogP) is 0.754. The Kier molecular flexibility index (Phi) is 6.73. The second-order valence-corrected chi connectivity index (χ2v) is 9.00. The van der Waals surface area contributed by atoms with Gasteiger partial charge in [0.05, 0.1) is 24.9 Å². The third kappa shape index (κ3) is 4.62. The summed E-state index contributed by atoms with van der Waals surface area (Å²) < 4.78 is 6.28. The average molecular weight is 462 g/mol. The molecule has 1 saturated heterocycles. The molecule has 32 heavy (non-hydrogen) atoms. The van der Waals surface area contributed by atoms with E-state index >= 15 is 0 Å². The van der Waals surface area contributed by atoms with Gasteiger partial charge in [-0.3, -0.25) is 19.0 Å². The number of rotatable bonds is 5. The number of carbonyl (C=O) groups is 3. The smallest absolute Gasteiger partial charge is 0.409 e. The predicted molar refractivity (Wildman–Crippen MR) is 119 cm³/mol. The monoisotopic (exact) mass is 461 g/mol. The number of hydrogen-bond donors (Lipinski definition) is 1. The van der Waals surface area contributed by atoms with Crippen molar-refractivity contribution in [2.45, 2.75) is 39.2 Å². The lowest BCUT2D eigenvalue weighted by Gasteiger charge is -2.34. The van der Waals surface area contributed by atoms with E-state index in [1.807, 2.05) is 0 Å². The maximum Gasteiger partial charge on any atom is 0.409 e. The van der Waals surface area contributed by atoms with Crippen LogP contribution in [0, 0.1) is 0 Å². The highest BCUT2D eigenvalue weighted by molar-refractivity contribution is 7.18. The Morgan fingerprint density at radius 1 is 1.12 bits per heavy atom. The van der Waals surface area contributed by atoms with Gasteiger partial charge < -0.3 is 19.9 Å². The summed E-state index contributed by atoms with van der Waals surface area (Å²) in [5.41, 5.74) is 0.881. The average Bonchev–Trinajstić information content (AvgIpc) is 3.19. The second kappa shape index (κ2) is 9.68. The van der Waals surface area contributed by atoms with Crippen molar-refractivity contribution < 1.29 is 19.1 Å². The lowest BCUT2D eigenvalue weighted by Crippen LogP contribution is -2.52. The van der Waals surface area contributed by atoms with Crippen LogP contribution in [0.5, 0.6) is 0 Å². The molecule has 1 aliphatic heterocycles. The molecule has 0 saturated carbocycles. The van der Waals surface area contributed by atoms with Gasteiger partial charge in [-0.15, -0.1) is 11.3 Å². The van der Waals surface area contributed by atoms with Crippen molar-refractivity contribution in [3.05, 3.63) is 27.1 Å². The summed E-state index contributed by atoms with van der Waals surface area (Å²) in [6.45, 7) is 3.27. The Morgan fingerprint density at radius 3 is 2.59 bits per heavy atom. The number of aryl methyl sites for hydroxylation is 2. The molecule has 2 aliphatic rings. The van der Waals surface area contributed by atoms with Gasteiger partial charge in [0.2, 0.25) is 11.8 Å². The van der Waals surface area contributed by atoms with Crippen LogP contribution in [0.1, 0.15) is 30.2 Å². The van der Waals surface area contributed by atoms with E-state index < -0.39 is 5.91 Å². The number of thiophene rings is 1. The fourth-order valence-corrected chi connectivity index (χ4v) is 5.36. The molecule has 1 fully saturated rings. The summed E-state index contributed by atoms with van der Waals surface area (Å²) in [6.07, 6.45) is 5.07. The molecule has 1 aliphatic carbocycles. The molecule has 2 aromatic rings. The SMILES string of the molecule is CCOC(=O)N1CCN(C(=O)CNC(=O)Cn2cnc3sc4c(c3c2=O)CCCC4)CC1. The number of carbonyl (C=O) groups excluding carboxylic acids is 3. The zero-order valence-corrected chi connectivity index (χ0v) is 18.9. The number of nitrogens with one attached hydrogen (secondary N) is 1. The molecule has 0 spiro atoms. The molecule has 3 heterocycles. The summed E-state index contributed by atoms with van der Waals surface area (Å²) in [5, 5.41) is 3.23. The third-order valence-corrected chi connectivity index (χ3v) is 7.05. The Morgan fingerprint density at radius 2 is 1.84 bits per heavy atom. The molecule has 0 unspecified atom stereocenters. The number of hydrogen-bond acceptors (Lipinski definition) is 7. The molecular formula is C21H27N5O5S. The minimum absolute atomic E-state index is 0.156. The number of aromatic nitrogens is 2. The van der Waals surface area contributed by atoms with Crippen LogP contribution in [0.3, 0.4) is 0 Å². The van der Waals surface area contributed by atoms with E-state index in [-0.39, 0.29) is 30.6 Å². The zero-order valence-electron chi connectivity index (χ0n) is 18.1. The molecule has 0 bridgehead atoms. The molecule has 4 rings (SSSR count). The standard InChI is InChI=1S/C21H27N5O5S/c1-2-31-21(30)25-9-7-24(8-10-25)17(28)11-22-16(27)12-26-13-23-19-18(20(26)29)14-5-3-4-6-15(14)32-19/h13H,2-12H2,1H3,(H,22,27). The minimum atomic E-state index is -0.421. The summed E-state index contributed by atoms with van der Waals surface area (Å²) >= 11 is 1.57. The van der Waals surface area contributed by atoms with Crippen LogP contribution >= 0.6 is 11.3 Å². The van der Waals surface area contributed by atoms with Gasteiger partial charge in [0.1, 0.15) is 11.4 Å². The first-order valence-electron chi connectivity index (χ1n) is 10.9. The third-order valence-electron chi connectivity index (χ3n) is 5.85. The molecule has 10 nitrogen and oxygen atoms in total. The van der Waals surface area contributed by atoms with Crippen molar-refractivity contribution in [1.82, 2.24) is 24.7 Å². The van der Waals surface area contributed by atoms with Gasteiger partial charge in [-0.05, 0) is 38.2 Å². The first-order chi connectivity index (χ1) is 15.5.